The molecule has 1 N–H and O–H groups in total. The SMILES string of the molecule is COc1cccc(OC)c1CNC(=O)CN(Cc1ccc(Cl)cc1)S(=O)(=O)c1ccc(Br)cc1. The van der Waals surface area contributed by atoms with Crippen LogP contribution in [0.2, 0.25) is 5.02 Å². The minimum Gasteiger partial charge on any atom is -0.496 e. The minimum atomic E-state index is -3.96. The predicted molar refractivity (Wildman–Crippen MR) is 135 cm³/mol. The van der Waals surface area contributed by atoms with E-state index < -0.39 is 15.9 Å². The molecule has 0 aliphatic heterocycles. The Morgan fingerprint density at radius 2 is 1.56 bits per heavy atom. The summed E-state index contributed by atoms with van der Waals surface area (Å²) in [6, 6.07) is 18.4. The molecule has 0 atom stereocenters. The van der Waals surface area contributed by atoms with Gasteiger partial charge in [0.05, 0.1) is 37.8 Å². The van der Waals surface area contributed by atoms with Crippen molar-refractivity contribution in [2.24, 2.45) is 0 Å². The first-order valence-electron chi connectivity index (χ1n) is 10.2. The normalized spacial score (nSPS) is 11.3. The standard InChI is InChI=1S/C24H24BrClN2O5S/c1-32-22-4-3-5-23(33-2)21(22)14-27-24(29)16-28(15-17-6-10-19(26)11-7-17)34(30,31)20-12-8-18(25)9-13-20/h3-13H,14-16H2,1-2H3,(H,27,29). The van der Waals surface area contributed by atoms with Crippen LogP contribution in [0.1, 0.15) is 11.1 Å². The molecule has 3 aromatic rings. The molecule has 0 aliphatic carbocycles. The molecule has 180 valence electrons. The van der Waals surface area contributed by atoms with Gasteiger partial charge in [-0.25, -0.2) is 8.42 Å². The van der Waals surface area contributed by atoms with Gasteiger partial charge in [0, 0.05) is 16.0 Å². The zero-order valence-corrected chi connectivity index (χ0v) is 21.8. The summed E-state index contributed by atoms with van der Waals surface area (Å²) >= 11 is 9.27. The van der Waals surface area contributed by atoms with Crippen molar-refractivity contribution in [2.45, 2.75) is 18.0 Å². The van der Waals surface area contributed by atoms with E-state index in [1.807, 2.05) is 0 Å². The van der Waals surface area contributed by atoms with Gasteiger partial charge in [0.2, 0.25) is 15.9 Å². The maximum absolute atomic E-state index is 13.4. The molecule has 0 heterocycles. The Labute approximate surface area is 212 Å². The molecular formula is C24H24BrClN2O5S. The number of carbonyl (C=O) groups excluding carboxylic acids is 1. The molecule has 0 radical (unpaired) electrons. The monoisotopic (exact) mass is 566 g/mol. The first kappa shape index (κ1) is 26.0. The Balaban J connectivity index is 1.83. The molecule has 3 rings (SSSR count). The zero-order valence-electron chi connectivity index (χ0n) is 18.6. The van der Waals surface area contributed by atoms with E-state index in [0.29, 0.717) is 27.6 Å². The van der Waals surface area contributed by atoms with Crippen LogP contribution >= 0.6 is 27.5 Å². The summed E-state index contributed by atoms with van der Waals surface area (Å²) in [6.07, 6.45) is 0. The lowest BCUT2D eigenvalue weighted by atomic mass is 10.1. The molecule has 0 unspecified atom stereocenters. The number of benzene rings is 3. The number of carbonyl (C=O) groups is 1. The summed E-state index contributed by atoms with van der Waals surface area (Å²) in [4.78, 5) is 13.0. The maximum Gasteiger partial charge on any atom is 0.243 e. The third-order valence-electron chi connectivity index (χ3n) is 5.04. The summed E-state index contributed by atoms with van der Waals surface area (Å²) in [7, 11) is -0.907. The van der Waals surface area contributed by atoms with E-state index in [-0.39, 0.29) is 24.5 Å². The molecule has 7 nitrogen and oxygen atoms in total. The van der Waals surface area contributed by atoms with Gasteiger partial charge in [-0.1, -0.05) is 45.7 Å². The summed E-state index contributed by atoms with van der Waals surface area (Å²) in [5, 5.41) is 3.31. The zero-order chi connectivity index (χ0) is 24.7. The van der Waals surface area contributed by atoms with Crippen molar-refractivity contribution < 1.29 is 22.7 Å². The van der Waals surface area contributed by atoms with Gasteiger partial charge in [0.25, 0.3) is 0 Å². The quantitative estimate of drug-likeness (QED) is 0.386. The highest BCUT2D eigenvalue weighted by Gasteiger charge is 2.27. The smallest absolute Gasteiger partial charge is 0.243 e. The van der Waals surface area contributed by atoms with Crippen LogP contribution in [0.3, 0.4) is 0 Å². The fourth-order valence-electron chi connectivity index (χ4n) is 3.28. The minimum absolute atomic E-state index is 0.000958. The van der Waals surface area contributed by atoms with Crippen molar-refractivity contribution in [1.82, 2.24) is 9.62 Å². The summed E-state index contributed by atoms with van der Waals surface area (Å²) in [5.74, 6) is 0.642. The van der Waals surface area contributed by atoms with Crippen molar-refractivity contribution in [2.75, 3.05) is 20.8 Å². The van der Waals surface area contributed by atoms with E-state index in [4.69, 9.17) is 21.1 Å². The average Bonchev–Trinajstić information content (AvgIpc) is 2.83. The van der Waals surface area contributed by atoms with Crippen LogP contribution in [0.4, 0.5) is 0 Å². The molecule has 0 fully saturated rings. The van der Waals surface area contributed by atoms with E-state index in [0.717, 1.165) is 8.78 Å². The van der Waals surface area contributed by atoms with E-state index in [9.17, 15) is 13.2 Å². The maximum atomic E-state index is 13.4. The van der Waals surface area contributed by atoms with E-state index in [1.54, 1.807) is 54.6 Å². The van der Waals surface area contributed by atoms with Crippen LogP contribution in [0.5, 0.6) is 11.5 Å². The number of hydrogen-bond acceptors (Lipinski definition) is 5. The van der Waals surface area contributed by atoms with Gasteiger partial charge in [-0.15, -0.1) is 0 Å². The number of ether oxygens (including phenoxy) is 2. The molecule has 0 saturated carbocycles. The van der Waals surface area contributed by atoms with Crippen molar-refractivity contribution in [3.05, 3.63) is 87.4 Å². The third kappa shape index (κ3) is 6.50. The summed E-state index contributed by atoms with van der Waals surface area (Å²) in [5.41, 5.74) is 1.35. The van der Waals surface area contributed by atoms with Crippen molar-refractivity contribution >= 4 is 43.5 Å². The molecular weight excluding hydrogens is 544 g/mol. The second kappa shape index (κ2) is 11.7. The van der Waals surface area contributed by atoms with E-state index in [1.165, 1.54) is 26.4 Å². The largest absolute Gasteiger partial charge is 0.496 e. The van der Waals surface area contributed by atoms with Gasteiger partial charge in [-0.3, -0.25) is 4.79 Å². The highest BCUT2D eigenvalue weighted by molar-refractivity contribution is 9.10. The van der Waals surface area contributed by atoms with Crippen LogP contribution < -0.4 is 14.8 Å². The van der Waals surface area contributed by atoms with Crippen LogP contribution in [0, 0.1) is 0 Å². The first-order valence-corrected chi connectivity index (χ1v) is 12.8. The van der Waals surface area contributed by atoms with Crippen molar-refractivity contribution in [3.63, 3.8) is 0 Å². The lowest BCUT2D eigenvalue weighted by molar-refractivity contribution is -0.121. The fourth-order valence-corrected chi connectivity index (χ4v) is 5.05. The van der Waals surface area contributed by atoms with Gasteiger partial charge >= 0.3 is 0 Å². The molecule has 0 spiro atoms. The topological polar surface area (TPSA) is 84.9 Å². The highest BCUT2D eigenvalue weighted by atomic mass is 79.9. The molecule has 1 amide bonds. The Hall–Kier alpha value is -2.59. The molecule has 3 aromatic carbocycles. The van der Waals surface area contributed by atoms with Gasteiger partial charge in [0.15, 0.2) is 0 Å². The van der Waals surface area contributed by atoms with Crippen LogP contribution in [0.25, 0.3) is 0 Å². The highest BCUT2D eigenvalue weighted by Crippen LogP contribution is 2.28. The van der Waals surface area contributed by atoms with Gasteiger partial charge in [-0.2, -0.15) is 4.31 Å². The molecule has 10 heteroatoms. The lowest BCUT2D eigenvalue weighted by Crippen LogP contribution is -2.40. The van der Waals surface area contributed by atoms with Gasteiger partial charge in [-0.05, 0) is 54.1 Å². The van der Waals surface area contributed by atoms with Crippen LogP contribution in [0.15, 0.2) is 76.1 Å². The van der Waals surface area contributed by atoms with Crippen LogP contribution in [-0.4, -0.2) is 39.4 Å². The Morgan fingerprint density at radius 3 is 2.12 bits per heavy atom. The molecule has 0 saturated heterocycles. The van der Waals surface area contributed by atoms with Crippen molar-refractivity contribution in [1.29, 1.82) is 0 Å². The van der Waals surface area contributed by atoms with Gasteiger partial charge in [0.1, 0.15) is 11.5 Å². The molecule has 0 bridgehead atoms. The number of methoxy groups -OCH3 is 2. The number of amides is 1. The number of nitrogens with one attached hydrogen (secondary N) is 1. The second-order valence-corrected chi connectivity index (χ2v) is 10.6. The fraction of sp³-hybridized carbons (Fsp3) is 0.208. The number of sulfonamides is 1. The molecule has 34 heavy (non-hydrogen) atoms. The number of rotatable bonds is 10. The lowest BCUT2D eigenvalue weighted by Gasteiger charge is -2.22. The first-order chi connectivity index (χ1) is 16.2. The number of halogens is 2. The summed E-state index contributed by atoms with van der Waals surface area (Å²) < 4.78 is 39.4. The van der Waals surface area contributed by atoms with Crippen molar-refractivity contribution in [3.8, 4) is 11.5 Å². The Bertz CT molecular complexity index is 1210. The average molecular weight is 568 g/mol. The number of hydrogen-bond donors (Lipinski definition) is 1. The molecule has 0 aliphatic rings. The summed E-state index contributed by atoms with van der Waals surface area (Å²) in [6.45, 7) is -0.265. The second-order valence-electron chi connectivity index (χ2n) is 7.27. The molecule has 0 aromatic heterocycles. The van der Waals surface area contributed by atoms with Gasteiger partial charge < -0.3 is 14.8 Å². The van der Waals surface area contributed by atoms with E-state index >= 15 is 0 Å². The Morgan fingerprint density at radius 1 is 0.971 bits per heavy atom. The van der Waals surface area contributed by atoms with Crippen LogP contribution in [-0.2, 0) is 27.9 Å². The third-order valence-corrected chi connectivity index (χ3v) is 7.62. The predicted octanol–water partition coefficient (Wildman–Crippen LogP) is 4.63. The Kier molecular flexibility index (Phi) is 8.96. The van der Waals surface area contributed by atoms with E-state index in [2.05, 4.69) is 21.2 Å². The number of nitrogens with zero attached hydrogens (tertiary/aromatic N) is 1.